The molecular weight excluding hydrogens is 287 g/mol. The molecule has 2 N–H and O–H groups in total. The molecule has 0 aliphatic carbocycles. The summed E-state index contributed by atoms with van der Waals surface area (Å²) in [5, 5.41) is 11.4. The molecular formula is C12H13FN2O4S. The summed E-state index contributed by atoms with van der Waals surface area (Å²) < 4.78 is 25.6. The fourth-order valence-corrected chi connectivity index (χ4v) is 2.99. The predicted molar refractivity (Wildman–Crippen MR) is 69.6 cm³/mol. The number of carbonyl (C=O) groups is 2. The zero-order valence-corrected chi connectivity index (χ0v) is 11.3. The number of carbonyl (C=O) groups excluding carboxylic acids is 1. The van der Waals surface area contributed by atoms with Gasteiger partial charge in [0, 0.05) is 25.4 Å². The van der Waals surface area contributed by atoms with Crippen molar-refractivity contribution >= 4 is 22.8 Å². The molecule has 1 fully saturated rings. The van der Waals surface area contributed by atoms with Gasteiger partial charge in [-0.1, -0.05) is 0 Å². The molecule has 1 aromatic carbocycles. The van der Waals surface area contributed by atoms with E-state index in [9.17, 15) is 18.2 Å². The molecule has 1 heterocycles. The van der Waals surface area contributed by atoms with Crippen molar-refractivity contribution in [3.63, 3.8) is 0 Å². The minimum Gasteiger partial charge on any atom is -0.478 e. The molecule has 20 heavy (non-hydrogen) atoms. The minimum atomic E-state index is -1.69. The van der Waals surface area contributed by atoms with Gasteiger partial charge in [0.2, 0.25) is 0 Å². The molecule has 1 aromatic rings. The maximum atomic E-state index is 13.6. The monoisotopic (exact) mass is 300 g/mol. The molecule has 1 aliphatic heterocycles. The Labute approximate surface area is 117 Å². The van der Waals surface area contributed by atoms with Gasteiger partial charge in [-0.05, 0) is 18.2 Å². The number of nitrogens with one attached hydrogen (secondary N) is 1. The van der Waals surface area contributed by atoms with Gasteiger partial charge in [-0.15, -0.1) is 0 Å². The Kier molecular flexibility index (Phi) is 4.33. The Balaban J connectivity index is 2.06. The second-order valence-electron chi connectivity index (χ2n) is 4.22. The van der Waals surface area contributed by atoms with Crippen molar-refractivity contribution in [3.8, 4) is 0 Å². The topological polar surface area (TPSA) is 86.7 Å². The van der Waals surface area contributed by atoms with E-state index < -0.39 is 22.6 Å². The lowest BCUT2D eigenvalue weighted by Crippen LogP contribution is -2.31. The van der Waals surface area contributed by atoms with Crippen LogP contribution in [0, 0.1) is 5.82 Å². The van der Waals surface area contributed by atoms with Gasteiger partial charge < -0.3 is 15.3 Å². The van der Waals surface area contributed by atoms with E-state index in [4.69, 9.17) is 5.11 Å². The maximum absolute atomic E-state index is 13.6. The summed E-state index contributed by atoms with van der Waals surface area (Å²) in [5.74, 6) is -1.85. The molecule has 2 rings (SSSR count). The molecule has 1 unspecified atom stereocenters. The van der Waals surface area contributed by atoms with E-state index in [1.54, 1.807) is 0 Å². The van der Waals surface area contributed by atoms with E-state index in [0.717, 1.165) is 18.2 Å². The number of urea groups is 1. The Bertz CT molecular complexity index is 579. The number of amides is 2. The first-order valence-electron chi connectivity index (χ1n) is 5.93. The largest absolute Gasteiger partial charge is 0.478 e. The summed E-state index contributed by atoms with van der Waals surface area (Å²) in [6.45, 7) is 1.29. The molecule has 0 radical (unpaired) electrons. The van der Waals surface area contributed by atoms with Crippen LogP contribution in [-0.4, -0.2) is 51.6 Å². The highest BCUT2D eigenvalue weighted by Gasteiger charge is 2.21. The van der Waals surface area contributed by atoms with E-state index in [0.29, 0.717) is 13.1 Å². The van der Waals surface area contributed by atoms with Gasteiger partial charge >= 0.3 is 12.0 Å². The Morgan fingerprint density at radius 3 is 2.85 bits per heavy atom. The fourth-order valence-electron chi connectivity index (χ4n) is 1.84. The molecule has 0 spiro atoms. The van der Waals surface area contributed by atoms with Crippen LogP contribution < -0.4 is 5.32 Å². The van der Waals surface area contributed by atoms with Gasteiger partial charge in [-0.2, -0.15) is 0 Å². The average Bonchev–Trinajstić information content (AvgIpc) is 2.81. The summed E-state index contributed by atoms with van der Waals surface area (Å²) in [5.41, 5.74) is -0.117. The van der Waals surface area contributed by atoms with Crippen molar-refractivity contribution in [1.29, 1.82) is 0 Å². The standard InChI is InChI=1S/C12H13FN2O4S/c13-9-2-1-8(11(16)17)7-10(9)20(19)6-5-15-4-3-14-12(15)18/h1-2,7H,3-6H2,(H,14,18)(H,16,17). The molecule has 0 aromatic heterocycles. The first-order valence-corrected chi connectivity index (χ1v) is 7.25. The summed E-state index contributed by atoms with van der Waals surface area (Å²) in [6, 6.07) is 2.94. The van der Waals surface area contributed by atoms with Gasteiger partial charge in [-0.3, -0.25) is 4.21 Å². The summed E-state index contributed by atoms with van der Waals surface area (Å²) in [6.07, 6.45) is 0. The molecule has 6 nitrogen and oxygen atoms in total. The molecule has 2 amide bonds. The SMILES string of the molecule is O=C(O)c1ccc(F)c(S(=O)CCN2CCNC2=O)c1. The van der Waals surface area contributed by atoms with Crippen LogP contribution >= 0.6 is 0 Å². The molecule has 108 valence electrons. The summed E-state index contributed by atoms with van der Waals surface area (Å²) >= 11 is 0. The van der Waals surface area contributed by atoms with Crippen LogP contribution in [-0.2, 0) is 10.8 Å². The quantitative estimate of drug-likeness (QED) is 0.836. The number of hydrogen-bond donors (Lipinski definition) is 2. The molecule has 1 saturated heterocycles. The van der Waals surface area contributed by atoms with Crippen molar-refractivity contribution in [2.75, 3.05) is 25.4 Å². The second-order valence-corrected chi connectivity index (χ2v) is 5.76. The molecule has 1 aliphatic rings. The molecule has 1 atom stereocenters. The fraction of sp³-hybridized carbons (Fsp3) is 0.333. The van der Waals surface area contributed by atoms with Crippen LogP contribution in [0.3, 0.4) is 0 Å². The van der Waals surface area contributed by atoms with Crippen LogP contribution in [0.1, 0.15) is 10.4 Å². The van der Waals surface area contributed by atoms with E-state index >= 15 is 0 Å². The molecule has 0 bridgehead atoms. The molecule has 0 saturated carbocycles. The summed E-state index contributed by atoms with van der Waals surface area (Å²) in [7, 11) is -1.69. The lowest BCUT2D eigenvalue weighted by molar-refractivity contribution is 0.0696. The number of hydrogen-bond acceptors (Lipinski definition) is 3. The lowest BCUT2D eigenvalue weighted by Gasteiger charge is -2.13. The number of carboxylic acid groups (broad SMARTS) is 1. The van der Waals surface area contributed by atoms with Gasteiger partial charge in [0.25, 0.3) is 0 Å². The number of nitrogens with zero attached hydrogens (tertiary/aromatic N) is 1. The van der Waals surface area contributed by atoms with Crippen molar-refractivity contribution in [3.05, 3.63) is 29.6 Å². The highest BCUT2D eigenvalue weighted by atomic mass is 32.2. The van der Waals surface area contributed by atoms with Crippen LogP contribution in [0.5, 0.6) is 0 Å². The van der Waals surface area contributed by atoms with Gasteiger partial charge in [0.1, 0.15) is 5.82 Å². The van der Waals surface area contributed by atoms with Crippen molar-refractivity contribution in [2.45, 2.75) is 4.90 Å². The minimum absolute atomic E-state index is 0.0629. The zero-order chi connectivity index (χ0) is 14.7. The Morgan fingerprint density at radius 2 is 2.25 bits per heavy atom. The predicted octanol–water partition coefficient (Wildman–Crippen LogP) is 0.657. The average molecular weight is 300 g/mol. The first-order chi connectivity index (χ1) is 9.49. The number of aromatic carboxylic acids is 1. The van der Waals surface area contributed by atoms with Crippen LogP contribution in [0.4, 0.5) is 9.18 Å². The third-order valence-corrected chi connectivity index (χ3v) is 4.27. The van der Waals surface area contributed by atoms with Crippen molar-refractivity contribution in [2.24, 2.45) is 0 Å². The number of benzene rings is 1. The zero-order valence-electron chi connectivity index (χ0n) is 10.5. The Morgan fingerprint density at radius 1 is 1.50 bits per heavy atom. The van der Waals surface area contributed by atoms with E-state index in [1.807, 2.05) is 0 Å². The number of rotatable bonds is 5. The van der Waals surface area contributed by atoms with E-state index in [2.05, 4.69) is 5.32 Å². The number of halogens is 1. The van der Waals surface area contributed by atoms with Gasteiger partial charge in [-0.25, -0.2) is 14.0 Å². The van der Waals surface area contributed by atoms with E-state index in [1.165, 1.54) is 4.90 Å². The third kappa shape index (κ3) is 3.13. The Hall–Kier alpha value is -1.96. The maximum Gasteiger partial charge on any atom is 0.335 e. The third-order valence-electron chi connectivity index (χ3n) is 2.92. The summed E-state index contributed by atoms with van der Waals surface area (Å²) in [4.78, 5) is 23.4. The normalized spacial score (nSPS) is 16.1. The van der Waals surface area contributed by atoms with E-state index in [-0.39, 0.29) is 28.8 Å². The van der Waals surface area contributed by atoms with Crippen LogP contribution in [0.2, 0.25) is 0 Å². The smallest absolute Gasteiger partial charge is 0.335 e. The highest BCUT2D eigenvalue weighted by Crippen LogP contribution is 2.15. The van der Waals surface area contributed by atoms with Crippen LogP contribution in [0.15, 0.2) is 23.1 Å². The van der Waals surface area contributed by atoms with Crippen LogP contribution in [0.25, 0.3) is 0 Å². The lowest BCUT2D eigenvalue weighted by atomic mass is 10.2. The second kappa shape index (κ2) is 6.00. The first kappa shape index (κ1) is 14.4. The van der Waals surface area contributed by atoms with Gasteiger partial charge in [0.05, 0.1) is 21.3 Å². The van der Waals surface area contributed by atoms with Gasteiger partial charge in [0.15, 0.2) is 0 Å². The highest BCUT2D eigenvalue weighted by molar-refractivity contribution is 7.85. The van der Waals surface area contributed by atoms with Crippen molar-refractivity contribution < 1.29 is 23.3 Å². The van der Waals surface area contributed by atoms with Crippen molar-refractivity contribution in [1.82, 2.24) is 10.2 Å². The molecule has 8 heteroatoms. The number of carboxylic acids is 1.